The van der Waals surface area contributed by atoms with Gasteiger partial charge in [0.2, 0.25) is 0 Å². The van der Waals surface area contributed by atoms with Crippen molar-refractivity contribution >= 4 is 5.97 Å². The van der Waals surface area contributed by atoms with Crippen LogP contribution < -0.4 is 29.6 Å². The van der Waals surface area contributed by atoms with Crippen molar-refractivity contribution in [1.29, 1.82) is 0 Å². The normalized spacial score (nSPS) is 11.0. The van der Waals surface area contributed by atoms with Gasteiger partial charge >= 0.3 is 35.5 Å². The molecule has 0 aromatic rings. The Hall–Kier alpha value is 0.390. The molecule has 4 nitrogen and oxygen atoms in total. The van der Waals surface area contributed by atoms with Gasteiger partial charge in [0.1, 0.15) is 6.61 Å². The van der Waals surface area contributed by atoms with Gasteiger partial charge in [-0.15, -0.1) is 0 Å². The van der Waals surface area contributed by atoms with Crippen molar-refractivity contribution in [3.05, 3.63) is 0 Å². The maximum atomic E-state index is 10.5. The molecule has 0 bridgehead atoms. The number of carbonyl (C=O) groups excluding carboxylic acids is 1. The molecule has 0 rings (SSSR count). The molecule has 0 fully saturated rings. The molecular weight excluding hydrogens is 303 g/mol. The van der Waals surface area contributed by atoms with Gasteiger partial charge in [-0.05, 0) is 20.3 Å². The van der Waals surface area contributed by atoms with Crippen molar-refractivity contribution in [2.24, 2.45) is 0 Å². The van der Waals surface area contributed by atoms with E-state index in [-0.39, 0.29) is 43.6 Å². The number of carbonyl (C=O) groups is 1. The average molecular weight is 342 g/mol. The number of rotatable bonds is 13. The summed E-state index contributed by atoms with van der Waals surface area (Å²) in [6, 6.07) is 0. The Kier molecular flexibility index (Phi) is 30.2. The Morgan fingerprint density at radius 2 is 1.43 bits per heavy atom. The Balaban J connectivity index is -0.000000250. The topological polar surface area (TPSA) is 55.8 Å². The van der Waals surface area contributed by atoms with Crippen molar-refractivity contribution < 1.29 is 50.4 Å². The summed E-state index contributed by atoms with van der Waals surface area (Å²) in [4.78, 5) is 10.5. The molecule has 5 heteroatoms. The standard InChI is InChI=1S/C14H28O3.C4H10O.Na.H/c1-3-4-5-6-7-8-9-10-11-14(16)12-17-13(2)15;1-3-5-4-2;;/h14,16H,3-12H2,1-2H3;3-4H2,1-2H3;;/q;;+1;-1. The van der Waals surface area contributed by atoms with Gasteiger partial charge in [0.15, 0.2) is 0 Å². The van der Waals surface area contributed by atoms with Gasteiger partial charge in [0.25, 0.3) is 0 Å². The summed E-state index contributed by atoms with van der Waals surface area (Å²) in [6.45, 7) is 9.40. The minimum Gasteiger partial charge on any atom is -1.00 e. The van der Waals surface area contributed by atoms with Crippen molar-refractivity contribution in [2.75, 3.05) is 19.8 Å². The Morgan fingerprint density at radius 3 is 1.83 bits per heavy atom. The smallest absolute Gasteiger partial charge is 1.00 e. The molecule has 0 saturated carbocycles. The summed E-state index contributed by atoms with van der Waals surface area (Å²) in [7, 11) is 0. The van der Waals surface area contributed by atoms with Gasteiger partial charge in [-0.25, -0.2) is 0 Å². The number of esters is 1. The summed E-state index contributed by atoms with van der Waals surface area (Å²) >= 11 is 0. The zero-order valence-electron chi connectivity index (χ0n) is 17.2. The summed E-state index contributed by atoms with van der Waals surface area (Å²) < 4.78 is 9.57. The first-order valence-corrected chi connectivity index (χ1v) is 8.97. The van der Waals surface area contributed by atoms with E-state index in [9.17, 15) is 9.90 Å². The van der Waals surface area contributed by atoms with Crippen LogP contribution in [0.1, 0.15) is 86.9 Å². The molecule has 1 unspecified atom stereocenters. The van der Waals surface area contributed by atoms with Crippen LogP contribution in [0.15, 0.2) is 0 Å². The molecule has 0 saturated heterocycles. The van der Waals surface area contributed by atoms with Crippen LogP contribution in [-0.2, 0) is 14.3 Å². The van der Waals surface area contributed by atoms with Crippen LogP contribution in [-0.4, -0.2) is 37.0 Å². The zero-order chi connectivity index (χ0) is 17.1. The third-order valence-corrected chi connectivity index (χ3v) is 3.28. The number of hydrogen-bond donors (Lipinski definition) is 1. The summed E-state index contributed by atoms with van der Waals surface area (Å²) in [5, 5.41) is 9.49. The number of aliphatic hydroxyl groups is 1. The second kappa shape index (κ2) is 24.6. The van der Waals surface area contributed by atoms with Crippen LogP contribution in [0.5, 0.6) is 0 Å². The minimum absolute atomic E-state index is 0. The second-order valence-corrected chi connectivity index (χ2v) is 5.50. The molecule has 0 aliphatic heterocycles. The second-order valence-electron chi connectivity index (χ2n) is 5.50. The van der Waals surface area contributed by atoms with Crippen molar-refractivity contribution in [3.8, 4) is 0 Å². The van der Waals surface area contributed by atoms with Crippen molar-refractivity contribution in [3.63, 3.8) is 0 Å². The van der Waals surface area contributed by atoms with Crippen LogP contribution >= 0.6 is 0 Å². The van der Waals surface area contributed by atoms with E-state index < -0.39 is 6.10 Å². The van der Waals surface area contributed by atoms with Crippen LogP contribution in [0.3, 0.4) is 0 Å². The first-order chi connectivity index (χ1) is 10.6. The molecule has 0 aliphatic carbocycles. The first kappa shape index (κ1) is 28.2. The van der Waals surface area contributed by atoms with E-state index >= 15 is 0 Å². The molecule has 1 atom stereocenters. The summed E-state index contributed by atoms with van der Waals surface area (Å²) in [6.07, 6.45) is 10.3. The van der Waals surface area contributed by atoms with E-state index in [0.29, 0.717) is 0 Å². The third-order valence-electron chi connectivity index (χ3n) is 3.28. The number of unbranched alkanes of at least 4 members (excludes halogenated alkanes) is 7. The number of hydrogen-bond acceptors (Lipinski definition) is 4. The van der Waals surface area contributed by atoms with E-state index in [1.54, 1.807) is 0 Å². The van der Waals surface area contributed by atoms with Gasteiger partial charge in [-0.2, -0.15) is 0 Å². The van der Waals surface area contributed by atoms with Crippen molar-refractivity contribution in [1.82, 2.24) is 0 Å². The number of ether oxygens (including phenoxy) is 2. The molecule has 0 radical (unpaired) electrons. The molecular formula is C18H39NaO4. The first-order valence-electron chi connectivity index (χ1n) is 8.97. The average Bonchev–Trinajstić information content (AvgIpc) is 2.49. The molecule has 0 aliphatic rings. The predicted octanol–water partition coefficient (Wildman–Crippen LogP) is 1.60. The van der Waals surface area contributed by atoms with Crippen LogP contribution in [0.2, 0.25) is 0 Å². The van der Waals surface area contributed by atoms with Crippen LogP contribution in [0.4, 0.5) is 0 Å². The van der Waals surface area contributed by atoms with Gasteiger partial charge in [-0.1, -0.05) is 58.3 Å². The molecule has 136 valence electrons. The third kappa shape index (κ3) is 30.8. The van der Waals surface area contributed by atoms with Crippen LogP contribution in [0, 0.1) is 0 Å². The summed E-state index contributed by atoms with van der Waals surface area (Å²) in [5.74, 6) is -0.319. The molecule has 0 spiro atoms. The fourth-order valence-electron chi connectivity index (χ4n) is 2.01. The Labute approximate surface area is 167 Å². The Bertz CT molecular complexity index is 229. The maximum Gasteiger partial charge on any atom is 1.00 e. The van der Waals surface area contributed by atoms with Gasteiger partial charge in [0, 0.05) is 20.1 Å². The Morgan fingerprint density at radius 1 is 0.957 bits per heavy atom. The van der Waals surface area contributed by atoms with Gasteiger partial charge < -0.3 is 16.0 Å². The van der Waals surface area contributed by atoms with Gasteiger partial charge in [0.05, 0.1) is 6.10 Å². The van der Waals surface area contributed by atoms with E-state index in [1.807, 2.05) is 13.8 Å². The SMILES string of the molecule is CCCCCCCCCCC(O)COC(C)=O.CCOCC.[H-].[Na+]. The fraction of sp³-hybridized carbons (Fsp3) is 0.944. The van der Waals surface area contributed by atoms with Gasteiger partial charge in [-0.3, -0.25) is 4.79 Å². The van der Waals surface area contributed by atoms with E-state index in [4.69, 9.17) is 9.47 Å². The number of aliphatic hydroxyl groups excluding tert-OH is 1. The fourth-order valence-corrected chi connectivity index (χ4v) is 2.01. The zero-order valence-corrected chi connectivity index (χ0v) is 18.2. The van der Waals surface area contributed by atoms with E-state index in [0.717, 1.165) is 26.1 Å². The molecule has 0 aromatic carbocycles. The molecule has 0 aromatic heterocycles. The van der Waals surface area contributed by atoms with E-state index in [1.165, 1.54) is 51.9 Å². The molecule has 23 heavy (non-hydrogen) atoms. The molecule has 0 amide bonds. The van der Waals surface area contributed by atoms with Crippen LogP contribution in [0.25, 0.3) is 0 Å². The molecule has 1 N–H and O–H groups in total. The van der Waals surface area contributed by atoms with E-state index in [2.05, 4.69) is 6.92 Å². The molecule has 0 heterocycles. The maximum absolute atomic E-state index is 10.5. The largest absolute Gasteiger partial charge is 1.00 e. The summed E-state index contributed by atoms with van der Waals surface area (Å²) in [5.41, 5.74) is 0. The quantitative estimate of drug-likeness (QED) is 0.314. The monoisotopic (exact) mass is 342 g/mol. The minimum atomic E-state index is -0.487. The van der Waals surface area contributed by atoms with Crippen molar-refractivity contribution in [2.45, 2.75) is 91.6 Å². The predicted molar refractivity (Wildman–Crippen MR) is 93.1 cm³/mol.